The van der Waals surface area contributed by atoms with E-state index in [1.165, 1.54) is 0 Å². The molecule has 1 aliphatic heterocycles. The molecule has 0 atom stereocenters. The lowest BCUT2D eigenvalue weighted by atomic mass is 10.2. The summed E-state index contributed by atoms with van der Waals surface area (Å²) < 4.78 is 0. The predicted octanol–water partition coefficient (Wildman–Crippen LogP) is 3.98. The number of unbranched alkanes of at least 4 members (excludes halogenated alkanes) is 2. The first-order valence-electron chi connectivity index (χ1n) is 9.67. The van der Waals surface area contributed by atoms with Gasteiger partial charge in [0.05, 0.1) is 0 Å². The number of anilines is 2. The SMILES string of the molecule is CCCCCNC(=O)c1ccnc(N2CCN(c3cccc(Cl)c3)CC2)c1. The molecule has 1 N–H and O–H groups in total. The summed E-state index contributed by atoms with van der Waals surface area (Å²) in [6, 6.07) is 11.6. The molecule has 0 bridgehead atoms. The summed E-state index contributed by atoms with van der Waals surface area (Å²) in [5.74, 6) is 0.842. The van der Waals surface area contributed by atoms with Crippen LogP contribution in [-0.2, 0) is 0 Å². The maximum absolute atomic E-state index is 12.3. The monoisotopic (exact) mass is 386 g/mol. The molecule has 6 heteroatoms. The van der Waals surface area contributed by atoms with Crippen molar-refractivity contribution < 1.29 is 4.79 Å². The largest absolute Gasteiger partial charge is 0.368 e. The van der Waals surface area contributed by atoms with E-state index in [-0.39, 0.29) is 5.91 Å². The molecule has 3 rings (SSSR count). The first kappa shape index (κ1) is 19.5. The van der Waals surface area contributed by atoms with Crippen molar-refractivity contribution in [3.63, 3.8) is 0 Å². The second kappa shape index (κ2) is 9.60. The lowest BCUT2D eigenvalue weighted by Gasteiger charge is -2.36. The molecular weight excluding hydrogens is 360 g/mol. The van der Waals surface area contributed by atoms with Crippen LogP contribution >= 0.6 is 11.6 Å². The van der Waals surface area contributed by atoms with Crippen LogP contribution in [0.2, 0.25) is 5.02 Å². The number of carbonyl (C=O) groups excluding carboxylic acids is 1. The standard InChI is InChI=1S/C21H27ClN4O/c1-2-3-4-9-24-21(27)17-8-10-23-20(15-17)26-13-11-25(12-14-26)19-7-5-6-18(22)16-19/h5-8,10,15-16H,2-4,9,11-14H2,1H3,(H,24,27). The van der Waals surface area contributed by atoms with E-state index in [0.717, 1.165) is 68.5 Å². The van der Waals surface area contributed by atoms with Gasteiger partial charge in [0.15, 0.2) is 0 Å². The van der Waals surface area contributed by atoms with Crippen molar-refractivity contribution in [1.29, 1.82) is 0 Å². The minimum atomic E-state index is -0.0210. The fourth-order valence-corrected chi connectivity index (χ4v) is 3.46. The third kappa shape index (κ3) is 5.36. The van der Waals surface area contributed by atoms with Gasteiger partial charge in [-0.2, -0.15) is 0 Å². The molecule has 1 saturated heterocycles. The number of aromatic nitrogens is 1. The molecule has 27 heavy (non-hydrogen) atoms. The number of piperazine rings is 1. The summed E-state index contributed by atoms with van der Waals surface area (Å²) in [5, 5.41) is 3.75. The lowest BCUT2D eigenvalue weighted by molar-refractivity contribution is 0.0953. The van der Waals surface area contributed by atoms with Crippen LogP contribution < -0.4 is 15.1 Å². The fraction of sp³-hybridized carbons (Fsp3) is 0.429. The lowest BCUT2D eigenvalue weighted by Crippen LogP contribution is -2.46. The maximum atomic E-state index is 12.3. The van der Waals surface area contributed by atoms with Gasteiger partial charge in [-0.05, 0) is 36.8 Å². The van der Waals surface area contributed by atoms with E-state index in [1.54, 1.807) is 12.3 Å². The number of benzene rings is 1. The van der Waals surface area contributed by atoms with E-state index in [1.807, 2.05) is 24.3 Å². The van der Waals surface area contributed by atoms with E-state index >= 15 is 0 Å². The highest BCUT2D eigenvalue weighted by Gasteiger charge is 2.19. The van der Waals surface area contributed by atoms with Gasteiger partial charge in [0, 0.05) is 55.2 Å². The van der Waals surface area contributed by atoms with E-state index in [0.29, 0.717) is 5.56 Å². The summed E-state index contributed by atoms with van der Waals surface area (Å²) >= 11 is 6.10. The van der Waals surface area contributed by atoms with Crippen molar-refractivity contribution in [2.45, 2.75) is 26.2 Å². The van der Waals surface area contributed by atoms with Gasteiger partial charge >= 0.3 is 0 Å². The van der Waals surface area contributed by atoms with Crippen molar-refractivity contribution in [2.75, 3.05) is 42.5 Å². The van der Waals surface area contributed by atoms with Gasteiger partial charge in [0.2, 0.25) is 0 Å². The van der Waals surface area contributed by atoms with Gasteiger partial charge in [0.1, 0.15) is 5.82 Å². The van der Waals surface area contributed by atoms with Crippen LogP contribution in [0, 0.1) is 0 Å². The highest BCUT2D eigenvalue weighted by molar-refractivity contribution is 6.30. The van der Waals surface area contributed by atoms with Crippen molar-refractivity contribution >= 4 is 29.0 Å². The fourth-order valence-electron chi connectivity index (χ4n) is 3.28. The van der Waals surface area contributed by atoms with Crippen molar-refractivity contribution in [3.8, 4) is 0 Å². The number of rotatable bonds is 7. The zero-order chi connectivity index (χ0) is 19.1. The molecule has 2 aromatic rings. The first-order valence-corrected chi connectivity index (χ1v) is 10.0. The summed E-state index contributed by atoms with van der Waals surface area (Å²) in [4.78, 5) is 21.4. The van der Waals surface area contributed by atoms with Crippen molar-refractivity contribution in [3.05, 3.63) is 53.2 Å². The minimum Gasteiger partial charge on any atom is -0.368 e. The highest BCUT2D eigenvalue weighted by Crippen LogP contribution is 2.22. The predicted molar refractivity (Wildman–Crippen MR) is 112 cm³/mol. The van der Waals surface area contributed by atoms with E-state index < -0.39 is 0 Å². The summed E-state index contributed by atoms with van der Waals surface area (Å²) in [6.45, 7) is 6.40. The summed E-state index contributed by atoms with van der Waals surface area (Å²) in [7, 11) is 0. The molecule has 0 spiro atoms. The first-order chi connectivity index (χ1) is 13.2. The molecule has 1 fully saturated rings. The van der Waals surface area contributed by atoms with Gasteiger partial charge < -0.3 is 15.1 Å². The summed E-state index contributed by atoms with van der Waals surface area (Å²) in [6.07, 6.45) is 5.03. The Kier molecular flexibility index (Phi) is 6.93. The maximum Gasteiger partial charge on any atom is 0.251 e. The molecular formula is C21H27ClN4O. The Labute approximate surface area is 166 Å². The van der Waals surface area contributed by atoms with Crippen LogP contribution in [-0.4, -0.2) is 43.6 Å². The Morgan fingerprint density at radius 1 is 1.11 bits per heavy atom. The summed E-state index contributed by atoms with van der Waals surface area (Å²) in [5.41, 5.74) is 1.82. The molecule has 144 valence electrons. The van der Waals surface area contributed by atoms with Crippen LogP contribution in [0.1, 0.15) is 36.5 Å². The highest BCUT2D eigenvalue weighted by atomic mass is 35.5. The number of carbonyl (C=O) groups is 1. The van der Waals surface area contributed by atoms with Gasteiger partial charge in [-0.3, -0.25) is 4.79 Å². The Bertz CT molecular complexity index is 759. The third-order valence-corrected chi connectivity index (χ3v) is 5.09. The number of amides is 1. The van der Waals surface area contributed by atoms with Gasteiger partial charge in [0.25, 0.3) is 5.91 Å². The molecule has 0 unspecified atom stereocenters. The molecule has 1 amide bonds. The topological polar surface area (TPSA) is 48.5 Å². The number of hydrogen-bond donors (Lipinski definition) is 1. The van der Waals surface area contributed by atoms with Gasteiger partial charge in [-0.1, -0.05) is 37.4 Å². The number of pyridine rings is 1. The molecule has 5 nitrogen and oxygen atoms in total. The smallest absolute Gasteiger partial charge is 0.251 e. The molecule has 1 aromatic heterocycles. The average molecular weight is 387 g/mol. The zero-order valence-electron chi connectivity index (χ0n) is 15.8. The minimum absolute atomic E-state index is 0.0210. The van der Waals surface area contributed by atoms with Crippen molar-refractivity contribution in [1.82, 2.24) is 10.3 Å². The molecule has 0 saturated carbocycles. The van der Waals surface area contributed by atoms with E-state index in [4.69, 9.17) is 11.6 Å². The molecule has 0 radical (unpaired) electrons. The van der Waals surface area contributed by atoms with Gasteiger partial charge in [-0.15, -0.1) is 0 Å². The second-order valence-corrected chi connectivity index (χ2v) is 7.26. The normalized spacial score (nSPS) is 14.3. The molecule has 1 aliphatic rings. The molecule has 0 aliphatic carbocycles. The van der Waals surface area contributed by atoms with Crippen LogP contribution in [0.5, 0.6) is 0 Å². The molecule has 2 heterocycles. The number of halogens is 1. The van der Waals surface area contributed by atoms with E-state index in [2.05, 4.69) is 33.1 Å². The Balaban J connectivity index is 1.57. The zero-order valence-corrected chi connectivity index (χ0v) is 16.6. The number of nitrogens with zero attached hydrogens (tertiary/aromatic N) is 3. The Morgan fingerprint density at radius 2 is 1.89 bits per heavy atom. The van der Waals surface area contributed by atoms with Crippen LogP contribution in [0.25, 0.3) is 0 Å². The van der Waals surface area contributed by atoms with Crippen LogP contribution in [0.15, 0.2) is 42.6 Å². The Hall–Kier alpha value is -2.27. The average Bonchev–Trinajstić information content (AvgIpc) is 2.71. The van der Waals surface area contributed by atoms with Gasteiger partial charge in [-0.25, -0.2) is 4.98 Å². The van der Waals surface area contributed by atoms with Crippen LogP contribution in [0.3, 0.4) is 0 Å². The van der Waals surface area contributed by atoms with Crippen molar-refractivity contribution in [2.24, 2.45) is 0 Å². The Morgan fingerprint density at radius 3 is 2.63 bits per heavy atom. The number of nitrogens with one attached hydrogen (secondary N) is 1. The third-order valence-electron chi connectivity index (χ3n) is 4.85. The van der Waals surface area contributed by atoms with Crippen LogP contribution in [0.4, 0.5) is 11.5 Å². The quantitative estimate of drug-likeness (QED) is 0.731. The van der Waals surface area contributed by atoms with E-state index in [9.17, 15) is 4.79 Å². The number of hydrogen-bond acceptors (Lipinski definition) is 4. The molecule has 1 aromatic carbocycles. The second-order valence-electron chi connectivity index (χ2n) is 6.82.